The molecule has 0 aliphatic carbocycles. The van der Waals surface area contributed by atoms with Gasteiger partial charge in [0.15, 0.2) is 5.70 Å². The number of anilines is 1. The Morgan fingerprint density at radius 2 is 1.74 bits per heavy atom. The lowest BCUT2D eigenvalue weighted by atomic mass is 10.2. The van der Waals surface area contributed by atoms with Crippen molar-refractivity contribution in [2.75, 3.05) is 5.73 Å². The smallest absolute Gasteiger partial charge is 0.175 e. The van der Waals surface area contributed by atoms with E-state index in [1.54, 1.807) is 0 Å². The highest BCUT2D eigenvalue weighted by atomic mass is 15.7. The van der Waals surface area contributed by atoms with Gasteiger partial charge in [-0.25, -0.2) is 5.43 Å². The Morgan fingerprint density at radius 3 is 2.47 bits per heavy atom. The van der Waals surface area contributed by atoms with Gasteiger partial charge in [0.1, 0.15) is 0 Å². The monoisotopic (exact) mass is 253 g/mol. The summed E-state index contributed by atoms with van der Waals surface area (Å²) in [5, 5.41) is 2.06. The molecule has 5 N–H and O–H groups in total. The van der Waals surface area contributed by atoms with E-state index in [1.807, 2.05) is 47.9 Å². The number of hydrazine groups is 1. The molecule has 19 heavy (non-hydrogen) atoms. The molecule has 4 heteroatoms. The molecule has 2 aromatic carbocycles. The highest BCUT2D eigenvalue weighted by molar-refractivity contribution is 5.57. The fourth-order valence-corrected chi connectivity index (χ4v) is 2.09. The van der Waals surface area contributed by atoms with Crippen LogP contribution in [-0.2, 0) is 6.54 Å². The first kappa shape index (κ1) is 11.8. The lowest BCUT2D eigenvalue weighted by molar-refractivity contribution is -0.640. The lowest BCUT2D eigenvalue weighted by Crippen LogP contribution is -2.89. The van der Waals surface area contributed by atoms with Gasteiger partial charge >= 0.3 is 0 Å². The highest BCUT2D eigenvalue weighted by Gasteiger charge is 2.17. The molecule has 1 heterocycles. The van der Waals surface area contributed by atoms with Crippen molar-refractivity contribution in [2.45, 2.75) is 6.54 Å². The number of nitrogen functional groups attached to an aromatic ring is 1. The third kappa shape index (κ3) is 2.76. The fourth-order valence-electron chi connectivity index (χ4n) is 2.09. The van der Waals surface area contributed by atoms with Crippen LogP contribution in [0.3, 0.4) is 0 Å². The summed E-state index contributed by atoms with van der Waals surface area (Å²) >= 11 is 0. The lowest BCUT2D eigenvalue weighted by Gasteiger charge is -2.11. The summed E-state index contributed by atoms with van der Waals surface area (Å²) in [5.41, 5.74) is 15.4. The van der Waals surface area contributed by atoms with Crippen LogP contribution in [0.4, 0.5) is 5.69 Å². The minimum absolute atomic E-state index is 0.796. The summed E-state index contributed by atoms with van der Waals surface area (Å²) in [6.45, 7) is 0.813. The second-order valence-electron chi connectivity index (χ2n) is 4.59. The number of nitrogens with zero attached hydrogens (tertiary/aromatic N) is 1. The van der Waals surface area contributed by atoms with Crippen LogP contribution in [0.25, 0.3) is 5.70 Å². The standard InChI is InChI=1S/C15H16N4/c16-14-8-6-12(7-9-14)10-19-11-15(17-18-19)13-4-2-1-3-5-13/h1-9,11,17-18H,10,16H2/p+1. The molecular weight excluding hydrogens is 236 g/mol. The summed E-state index contributed by atoms with van der Waals surface area (Å²) in [6, 6.07) is 18.3. The van der Waals surface area contributed by atoms with Crippen molar-refractivity contribution >= 4 is 11.4 Å². The van der Waals surface area contributed by atoms with Crippen molar-refractivity contribution in [3.63, 3.8) is 0 Å². The zero-order chi connectivity index (χ0) is 13.1. The third-order valence-electron chi connectivity index (χ3n) is 3.12. The molecule has 1 aliphatic rings. The Labute approximate surface area is 112 Å². The number of nitrogens with two attached hydrogens (primary N) is 2. The van der Waals surface area contributed by atoms with E-state index < -0.39 is 0 Å². The van der Waals surface area contributed by atoms with Gasteiger partial charge in [-0.05, 0) is 29.8 Å². The first-order valence-corrected chi connectivity index (χ1v) is 6.29. The van der Waals surface area contributed by atoms with Crippen molar-refractivity contribution < 1.29 is 5.43 Å². The topological polar surface area (TPSA) is 57.9 Å². The summed E-state index contributed by atoms with van der Waals surface area (Å²) < 4.78 is 0. The molecule has 0 radical (unpaired) electrons. The minimum atomic E-state index is 0.796. The third-order valence-corrected chi connectivity index (χ3v) is 3.12. The van der Waals surface area contributed by atoms with Gasteiger partial charge in [-0.15, -0.1) is 0 Å². The van der Waals surface area contributed by atoms with Crippen LogP contribution in [0.2, 0.25) is 0 Å². The number of benzene rings is 2. The molecule has 0 amide bonds. The van der Waals surface area contributed by atoms with Gasteiger partial charge in [-0.3, -0.25) is 5.01 Å². The molecule has 0 atom stereocenters. The van der Waals surface area contributed by atoms with Crippen LogP contribution < -0.4 is 16.7 Å². The molecule has 0 saturated carbocycles. The molecule has 0 aromatic heterocycles. The number of hydrogen-bond acceptors (Lipinski definition) is 3. The van der Waals surface area contributed by atoms with Crippen LogP contribution in [0.1, 0.15) is 11.1 Å². The van der Waals surface area contributed by atoms with E-state index in [0.717, 1.165) is 12.2 Å². The zero-order valence-corrected chi connectivity index (χ0v) is 10.6. The van der Waals surface area contributed by atoms with Crippen LogP contribution in [0.5, 0.6) is 0 Å². The van der Waals surface area contributed by atoms with Crippen molar-refractivity contribution in [3.05, 3.63) is 71.9 Å². The van der Waals surface area contributed by atoms with E-state index in [-0.39, 0.29) is 0 Å². The number of rotatable bonds is 3. The van der Waals surface area contributed by atoms with Gasteiger partial charge < -0.3 is 5.73 Å². The molecule has 96 valence electrons. The van der Waals surface area contributed by atoms with Gasteiger partial charge in [0.2, 0.25) is 0 Å². The van der Waals surface area contributed by atoms with E-state index in [0.29, 0.717) is 0 Å². The number of hydrogen-bond donors (Lipinski definition) is 3. The van der Waals surface area contributed by atoms with E-state index >= 15 is 0 Å². The molecule has 3 rings (SSSR count). The SMILES string of the molecule is Nc1ccc(CN2C=C(c3ccccc3)[NH2+]N2)cc1. The first-order valence-electron chi connectivity index (χ1n) is 6.29. The van der Waals surface area contributed by atoms with Gasteiger partial charge in [0.05, 0.1) is 12.7 Å². The van der Waals surface area contributed by atoms with E-state index in [1.165, 1.54) is 16.8 Å². The van der Waals surface area contributed by atoms with E-state index in [4.69, 9.17) is 5.73 Å². The van der Waals surface area contributed by atoms with Crippen LogP contribution in [0.15, 0.2) is 60.8 Å². The Balaban J connectivity index is 1.71. The summed E-state index contributed by atoms with van der Waals surface area (Å²) in [6.07, 6.45) is 2.12. The predicted molar refractivity (Wildman–Crippen MR) is 75.9 cm³/mol. The van der Waals surface area contributed by atoms with Gasteiger partial charge in [-0.1, -0.05) is 35.9 Å². The van der Waals surface area contributed by atoms with Crippen LogP contribution in [0, 0.1) is 0 Å². The second-order valence-corrected chi connectivity index (χ2v) is 4.59. The Morgan fingerprint density at radius 1 is 1.00 bits per heavy atom. The molecule has 2 aromatic rings. The van der Waals surface area contributed by atoms with Crippen molar-refractivity contribution in [1.29, 1.82) is 0 Å². The quantitative estimate of drug-likeness (QED) is 0.566. The molecule has 0 unspecified atom stereocenters. The molecule has 0 fully saturated rings. The molecule has 4 nitrogen and oxygen atoms in total. The normalized spacial score (nSPS) is 14.5. The van der Waals surface area contributed by atoms with Crippen LogP contribution >= 0.6 is 0 Å². The zero-order valence-electron chi connectivity index (χ0n) is 10.6. The molecular formula is C15H17N4+. The summed E-state index contributed by atoms with van der Waals surface area (Å²) in [7, 11) is 0. The fraction of sp³-hybridized carbons (Fsp3) is 0.0667. The molecule has 0 spiro atoms. The largest absolute Gasteiger partial charge is 0.399 e. The van der Waals surface area contributed by atoms with E-state index in [9.17, 15) is 0 Å². The minimum Gasteiger partial charge on any atom is -0.399 e. The highest BCUT2D eigenvalue weighted by Crippen LogP contribution is 2.12. The molecule has 0 bridgehead atoms. The number of nitrogens with one attached hydrogen (secondary N) is 1. The maximum absolute atomic E-state index is 5.69. The molecule has 0 saturated heterocycles. The Bertz CT molecular complexity index is 575. The predicted octanol–water partition coefficient (Wildman–Crippen LogP) is 1.07. The van der Waals surface area contributed by atoms with Crippen molar-refractivity contribution in [1.82, 2.24) is 10.5 Å². The van der Waals surface area contributed by atoms with Crippen LogP contribution in [-0.4, -0.2) is 5.01 Å². The summed E-state index contributed by atoms with van der Waals surface area (Å²) in [5.74, 6) is 0. The molecule has 1 aliphatic heterocycles. The summed E-state index contributed by atoms with van der Waals surface area (Å²) in [4.78, 5) is 0. The van der Waals surface area contributed by atoms with Gasteiger partial charge in [-0.2, -0.15) is 0 Å². The van der Waals surface area contributed by atoms with E-state index in [2.05, 4.69) is 28.9 Å². The Hall–Kier alpha value is -2.30. The number of quaternary nitrogens is 1. The van der Waals surface area contributed by atoms with Gasteiger partial charge in [0.25, 0.3) is 0 Å². The maximum Gasteiger partial charge on any atom is 0.175 e. The van der Waals surface area contributed by atoms with Crippen molar-refractivity contribution in [2.24, 2.45) is 0 Å². The van der Waals surface area contributed by atoms with Crippen molar-refractivity contribution in [3.8, 4) is 0 Å². The second kappa shape index (κ2) is 5.14. The first-order chi connectivity index (χ1) is 9.31. The van der Waals surface area contributed by atoms with Gasteiger partial charge in [0, 0.05) is 11.3 Å². The average Bonchev–Trinajstić information content (AvgIpc) is 2.91. The maximum atomic E-state index is 5.69. The Kier molecular flexibility index (Phi) is 3.18. The average molecular weight is 253 g/mol.